The fraction of sp³-hybridized carbons (Fsp3) is 0.261. The Balaban J connectivity index is 0.000000294. The third-order valence-electron chi connectivity index (χ3n) is 3.92. The zero-order valence-corrected chi connectivity index (χ0v) is 16.7. The first-order valence-corrected chi connectivity index (χ1v) is 8.80. The van der Waals surface area contributed by atoms with E-state index in [1.54, 1.807) is 19.5 Å². The zero-order chi connectivity index (χ0) is 19.4. The first-order valence-electron chi connectivity index (χ1n) is 8.80. The van der Waals surface area contributed by atoms with Gasteiger partial charge in [0.05, 0.1) is 22.9 Å². The Morgan fingerprint density at radius 2 is 1.65 bits per heavy atom. The van der Waals surface area contributed by atoms with Crippen LogP contribution in [0.15, 0.2) is 77.0 Å². The van der Waals surface area contributed by atoms with E-state index in [0.29, 0.717) is 0 Å². The van der Waals surface area contributed by atoms with E-state index in [9.17, 15) is 0 Å². The number of hydrogen-bond acceptors (Lipinski definition) is 3. The highest BCUT2D eigenvalue weighted by Gasteiger charge is 2.01. The molecule has 3 nitrogen and oxygen atoms in total. The van der Waals surface area contributed by atoms with Crippen molar-refractivity contribution < 1.29 is 0 Å². The predicted molar refractivity (Wildman–Crippen MR) is 116 cm³/mol. The first kappa shape index (κ1) is 21.2. The molecule has 0 amide bonds. The predicted octanol–water partition coefficient (Wildman–Crippen LogP) is 6.21. The molecule has 0 fully saturated rings. The molecule has 0 radical (unpaired) electrons. The fourth-order valence-electron chi connectivity index (χ4n) is 2.12. The van der Waals surface area contributed by atoms with Gasteiger partial charge in [-0.25, -0.2) is 4.98 Å². The smallest absolute Gasteiger partial charge is 0.0905 e. The van der Waals surface area contributed by atoms with Gasteiger partial charge in [-0.2, -0.15) is 0 Å². The molecule has 0 atom stereocenters. The highest BCUT2D eigenvalue weighted by molar-refractivity contribution is 6.09. The number of aromatic nitrogens is 2. The van der Waals surface area contributed by atoms with Gasteiger partial charge < -0.3 is 0 Å². The molecule has 2 rings (SSSR count). The van der Waals surface area contributed by atoms with Crippen LogP contribution in [0.1, 0.15) is 40.3 Å². The number of para-hydroxylation sites is 2. The summed E-state index contributed by atoms with van der Waals surface area (Å²) in [6.45, 7) is 10.3. The molecule has 0 saturated heterocycles. The second-order valence-corrected chi connectivity index (χ2v) is 5.72. The van der Waals surface area contributed by atoms with E-state index in [0.717, 1.165) is 22.3 Å². The molecule has 2 aromatic rings. The molecule has 0 aliphatic carbocycles. The Bertz CT molecular complexity index is 853. The van der Waals surface area contributed by atoms with Gasteiger partial charge in [0.15, 0.2) is 0 Å². The van der Waals surface area contributed by atoms with Gasteiger partial charge in [-0.1, -0.05) is 48.1 Å². The van der Waals surface area contributed by atoms with Crippen LogP contribution in [0.4, 0.5) is 0 Å². The summed E-state index contributed by atoms with van der Waals surface area (Å²) in [5.41, 5.74) is 6.34. The first-order chi connectivity index (χ1) is 12.6. The van der Waals surface area contributed by atoms with Crippen molar-refractivity contribution in [2.45, 2.75) is 34.6 Å². The minimum atomic E-state index is 0.854. The normalized spacial score (nSPS) is 13.4. The average Bonchev–Trinajstić information content (AvgIpc) is 2.69. The van der Waals surface area contributed by atoms with Crippen molar-refractivity contribution in [1.29, 1.82) is 0 Å². The topological polar surface area (TPSA) is 38.1 Å². The van der Waals surface area contributed by atoms with Gasteiger partial charge in [0.25, 0.3) is 0 Å². The number of hydrogen-bond donors (Lipinski definition) is 0. The largest absolute Gasteiger partial charge is 0.296 e. The Morgan fingerprint density at radius 1 is 0.962 bits per heavy atom. The lowest BCUT2D eigenvalue weighted by atomic mass is 10.1. The quantitative estimate of drug-likeness (QED) is 0.487. The van der Waals surface area contributed by atoms with Crippen LogP contribution in [0.3, 0.4) is 0 Å². The lowest BCUT2D eigenvalue weighted by Crippen LogP contribution is -1.93. The van der Waals surface area contributed by atoms with Crippen molar-refractivity contribution >= 4 is 22.8 Å². The summed E-state index contributed by atoms with van der Waals surface area (Å²) in [5.74, 6) is 0. The number of fused-ring (bicyclic) bond motifs is 1. The lowest BCUT2D eigenvalue weighted by molar-refractivity contribution is 1.26. The number of aliphatic imine (C=N–C) groups is 1. The van der Waals surface area contributed by atoms with Gasteiger partial charge in [0, 0.05) is 18.8 Å². The lowest BCUT2D eigenvalue weighted by Gasteiger charge is -2.01. The minimum Gasteiger partial charge on any atom is -0.296 e. The second-order valence-electron chi connectivity index (χ2n) is 5.72. The number of rotatable bonds is 4. The Morgan fingerprint density at radius 3 is 2.23 bits per heavy atom. The molecule has 0 saturated carbocycles. The maximum atomic E-state index is 4.54. The summed E-state index contributed by atoms with van der Waals surface area (Å²) in [6.07, 6.45) is 13.9. The average molecular weight is 348 g/mol. The van der Waals surface area contributed by atoms with Crippen LogP contribution in [0.5, 0.6) is 0 Å². The fourth-order valence-corrected chi connectivity index (χ4v) is 2.12. The molecule has 26 heavy (non-hydrogen) atoms. The zero-order valence-electron chi connectivity index (χ0n) is 16.7. The van der Waals surface area contributed by atoms with Crippen LogP contribution in [0.2, 0.25) is 0 Å². The Kier molecular flexibility index (Phi) is 9.55. The molecule has 1 aromatic carbocycles. The molecule has 3 heteroatoms. The second kappa shape index (κ2) is 11.7. The van der Waals surface area contributed by atoms with E-state index in [4.69, 9.17) is 0 Å². The van der Waals surface area contributed by atoms with Gasteiger partial charge in [0.1, 0.15) is 0 Å². The van der Waals surface area contributed by atoms with E-state index >= 15 is 0 Å². The van der Waals surface area contributed by atoms with E-state index in [1.807, 2.05) is 50.3 Å². The van der Waals surface area contributed by atoms with Gasteiger partial charge in [-0.05, 0) is 52.3 Å². The number of benzene rings is 1. The summed E-state index contributed by atoms with van der Waals surface area (Å²) in [5, 5.41) is 0. The molecule has 0 unspecified atom stereocenters. The number of nitrogens with zero attached hydrogens (tertiary/aromatic N) is 3. The maximum absolute atomic E-state index is 4.54. The van der Waals surface area contributed by atoms with E-state index in [2.05, 4.69) is 54.0 Å². The van der Waals surface area contributed by atoms with Crippen molar-refractivity contribution in [1.82, 2.24) is 9.97 Å². The molecule has 1 aromatic heterocycles. The summed E-state index contributed by atoms with van der Waals surface area (Å²) >= 11 is 0. The molecule has 0 bridgehead atoms. The summed E-state index contributed by atoms with van der Waals surface area (Å²) < 4.78 is 0. The van der Waals surface area contributed by atoms with Crippen molar-refractivity contribution in [2.75, 3.05) is 7.05 Å². The van der Waals surface area contributed by atoms with E-state index in [-0.39, 0.29) is 0 Å². The van der Waals surface area contributed by atoms with Gasteiger partial charge in [-0.15, -0.1) is 0 Å². The van der Waals surface area contributed by atoms with Crippen LogP contribution >= 0.6 is 0 Å². The van der Waals surface area contributed by atoms with Crippen LogP contribution in [-0.2, 0) is 0 Å². The molecule has 0 spiro atoms. The molecule has 0 aliphatic rings. The van der Waals surface area contributed by atoms with Crippen LogP contribution in [-0.4, -0.2) is 23.2 Å². The van der Waals surface area contributed by atoms with E-state index in [1.165, 1.54) is 11.1 Å². The SMILES string of the molecule is C/C=C(\C=NC)c1cnc2ccccc2n1.C\C=C/C=C(C)\C(C)=C\C. The number of allylic oxidation sites excluding steroid dienone is 8. The van der Waals surface area contributed by atoms with Crippen LogP contribution in [0.25, 0.3) is 16.6 Å². The van der Waals surface area contributed by atoms with E-state index < -0.39 is 0 Å². The third kappa shape index (κ3) is 6.60. The van der Waals surface area contributed by atoms with Gasteiger partial charge in [-0.3, -0.25) is 9.98 Å². The summed E-state index contributed by atoms with van der Waals surface area (Å²) in [7, 11) is 1.75. The minimum absolute atomic E-state index is 0.854. The van der Waals surface area contributed by atoms with Gasteiger partial charge >= 0.3 is 0 Å². The van der Waals surface area contributed by atoms with Crippen molar-refractivity contribution in [3.63, 3.8) is 0 Å². The molecule has 1 heterocycles. The van der Waals surface area contributed by atoms with Crippen molar-refractivity contribution in [3.05, 3.63) is 77.7 Å². The van der Waals surface area contributed by atoms with Crippen molar-refractivity contribution in [2.24, 2.45) is 4.99 Å². The standard InChI is InChI=1S/C13H13N3.C10H16/c1-3-10(8-14-2)13-9-15-11-6-4-5-7-12(11)16-13;1-5-7-8-10(4)9(3)6-2/h3-9H,1-2H3;5-8H,1-4H3/b10-3+,14-8?;7-5-,9-6+,10-8-. The molecule has 136 valence electrons. The Labute approximate surface area is 157 Å². The van der Waals surface area contributed by atoms with Crippen LogP contribution in [0, 0.1) is 0 Å². The van der Waals surface area contributed by atoms with Crippen molar-refractivity contribution in [3.8, 4) is 0 Å². The van der Waals surface area contributed by atoms with Gasteiger partial charge in [0.2, 0.25) is 0 Å². The molecular weight excluding hydrogens is 318 g/mol. The highest BCUT2D eigenvalue weighted by atomic mass is 14.8. The molecular formula is C23H29N3. The monoisotopic (exact) mass is 347 g/mol. The summed E-state index contributed by atoms with van der Waals surface area (Å²) in [6, 6.07) is 7.84. The Hall–Kier alpha value is -2.81. The molecule has 0 aliphatic heterocycles. The molecule has 0 N–H and O–H groups in total. The van der Waals surface area contributed by atoms with Crippen LogP contribution < -0.4 is 0 Å². The highest BCUT2D eigenvalue weighted by Crippen LogP contribution is 2.13. The summed E-state index contributed by atoms with van der Waals surface area (Å²) in [4.78, 5) is 12.9. The third-order valence-corrected chi connectivity index (χ3v) is 3.92. The maximum Gasteiger partial charge on any atom is 0.0905 e.